The number of hydrogen-bond acceptors (Lipinski definition) is 4. The van der Waals surface area contributed by atoms with E-state index in [0.29, 0.717) is 19.6 Å². The molecule has 1 aromatic carbocycles. The van der Waals surface area contributed by atoms with E-state index in [1.165, 1.54) is 16.7 Å². The van der Waals surface area contributed by atoms with Crippen LogP contribution in [0.25, 0.3) is 0 Å². The maximum absolute atomic E-state index is 12.3. The van der Waals surface area contributed by atoms with Crippen molar-refractivity contribution in [1.82, 2.24) is 9.80 Å². The number of ether oxygens (including phenoxy) is 1. The van der Waals surface area contributed by atoms with E-state index in [1.54, 1.807) is 4.90 Å². The molecule has 1 atom stereocenters. The molecular formula is C19H31N3O2. The number of carbonyl (C=O) groups excluding carboxylic acids is 1. The number of piperazine rings is 1. The highest BCUT2D eigenvalue weighted by Gasteiger charge is 2.31. The Morgan fingerprint density at radius 1 is 1.29 bits per heavy atom. The van der Waals surface area contributed by atoms with Crippen LogP contribution in [0.1, 0.15) is 37.5 Å². The van der Waals surface area contributed by atoms with Crippen molar-refractivity contribution in [3.8, 4) is 0 Å². The summed E-state index contributed by atoms with van der Waals surface area (Å²) in [6.45, 7) is 13.4. The highest BCUT2D eigenvalue weighted by Crippen LogP contribution is 2.19. The molecule has 1 saturated heterocycles. The Kier molecular flexibility index (Phi) is 5.88. The first-order chi connectivity index (χ1) is 11.2. The van der Waals surface area contributed by atoms with Gasteiger partial charge in [0.1, 0.15) is 5.60 Å². The van der Waals surface area contributed by atoms with Gasteiger partial charge in [0.05, 0.1) is 0 Å². The first kappa shape index (κ1) is 18.7. The number of carbonyl (C=O) groups is 1. The lowest BCUT2D eigenvalue weighted by atomic mass is 10.0. The van der Waals surface area contributed by atoms with Crippen molar-refractivity contribution in [3.63, 3.8) is 0 Å². The molecule has 1 aliphatic rings. The highest BCUT2D eigenvalue weighted by atomic mass is 16.6. The Morgan fingerprint density at radius 3 is 2.62 bits per heavy atom. The van der Waals surface area contributed by atoms with E-state index >= 15 is 0 Å². The number of nitrogens with two attached hydrogens (primary N) is 1. The van der Waals surface area contributed by atoms with Gasteiger partial charge in [-0.15, -0.1) is 0 Å². The van der Waals surface area contributed by atoms with E-state index in [2.05, 4.69) is 36.9 Å². The highest BCUT2D eigenvalue weighted by molar-refractivity contribution is 5.68. The van der Waals surface area contributed by atoms with Gasteiger partial charge in [-0.05, 0) is 45.7 Å². The third kappa shape index (κ3) is 4.95. The number of hydrogen-bond donors (Lipinski definition) is 1. The van der Waals surface area contributed by atoms with Crippen LogP contribution in [0, 0.1) is 13.8 Å². The maximum Gasteiger partial charge on any atom is 0.410 e. The molecule has 0 saturated carbocycles. The fraction of sp³-hybridized carbons (Fsp3) is 0.632. The van der Waals surface area contributed by atoms with Crippen LogP contribution in [0.4, 0.5) is 4.79 Å². The van der Waals surface area contributed by atoms with Gasteiger partial charge in [0.25, 0.3) is 0 Å². The van der Waals surface area contributed by atoms with Gasteiger partial charge < -0.3 is 15.4 Å². The lowest BCUT2D eigenvalue weighted by Crippen LogP contribution is -2.57. The summed E-state index contributed by atoms with van der Waals surface area (Å²) in [7, 11) is 0. The van der Waals surface area contributed by atoms with Gasteiger partial charge >= 0.3 is 6.09 Å². The maximum atomic E-state index is 12.3. The van der Waals surface area contributed by atoms with Gasteiger partial charge in [-0.3, -0.25) is 4.90 Å². The molecule has 2 rings (SSSR count). The summed E-state index contributed by atoms with van der Waals surface area (Å²) in [5, 5.41) is 0. The summed E-state index contributed by atoms with van der Waals surface area (Å²) < 4.78 is 5.49. The van der Waals surface area contributed by atoms with Gasteiger partial charge in [-0.25, -0.2) is 4.79 Å². The number of amides is 1. The topological polar surface area (TPSA) is 58.8 Å². The Morgan fingerprint density at radius 2 is 2.00 bits per heavy atom. The third-order valence-electron chi connectivity index (χ3n) is 4.41. The fourth-order valence-electron chi connectivity index (χ4n) is 3.01. The standard InChI is InChI=1S/C19H31N3O2/c1-14-6-7-15(2)16(10-14)12-21-8-9-22(13-17(21)11-20)18(23)24-19(3,4)5/h6-7,10,17H,8-9,11-13,20H2,1-5H3. The van der Waals surface area contributed by atoms with Crippen LogP contribution in [-0.2, 0) is 11.3 Å². The summed E-state index contributed by atoms with van der Waals surface area (Å²) in [4.78, 5) is 16.4. The minimum Gasteiger partial charge on any atom is -0.444 e. The lowest BCUT2D eigenvalue weighted by Gasteiger charge is -2.41. The van der Waals surface area contributed by atoms with Crippen LogP contribution in [0.3, 0.4) is 0 Å². The summed E-state index contributed by atoms with van der Waals surface area (Å²) in [6.07, 6.45) is -0.243. The SMILES string of the molecule is Cc1ccc(C)c(CN2CCN(C(=O)OC(C)(C)C)CC2CN)c1. The van der Waals surface area contributed by atoms with Crippen molar-refractivity contribution in [2.75, 3.05) is 26.2 Å². The molecule has 0 aliphatic carbocycles. The van der Waals surface area contributed by atoms with Crippen LogP contribution in [0.15, 0.2) is 18.2 Å². The molecule has 1 fully saturated rings. The van der Waals surface area contributed by atoms with Gasteiger partial charge in [-0.2, -0.15) is 0 Å². The zero-order valence-electron chi connectivity index (χ0n) is 15.6. The Balaban J connectivity index is 2.02. The minimum atomic E-state index is -0.467. The second-order valence-electron chi connectivity index (χ2n) is 7.72. The molecule has 0 aromatic heterocycles. The molecule has 1 amide bonds. The number of aryl methyl sites for hydroxylation is 2. The zero-order chi connectivity index (χ0) is 17.9. The molecule has 0 radical (unpaired) electrons. The summed E-state index contributed by atoms with van der Waals surface area (Å²) in [6, 6.07) is 6.70. The van der Waals surface area contributed by atoms with E-state index in [0.717, 1.165) is 13.1 Å². The van der Waals surface area contributed by atoms with Crippen molar-refractivity contribution < 1.29 is 9.53 Å². The first-order valence-electron chi connectivity index (χ1n) is 8.68. The van der Waals surface area contributed by atoms with Crippen molar-refractivity contribution in [1.29, 1.82) is 0 Å². The van der Waals surface area contributed by atoms with Crippen molar-refractivity contribution >= 4 is 6.09 Å². The Labute approximate surface area is 145 Å². The minimum absolute atomic E-state index is 0.159. The van der Waals surface area contributed by atoms with Gasteiger partial charge in [-0.1, -0.05) is 23.8 Å². The van der Waals surface area contributed by atoms with Crippen molar-refractivity contribution in [2.24, 2.45) is 5.73 Å². The second-order valence-corrected chi connectivity index (χ2v) is 7.72. The smallest absolute Gasteiger partial charge is 0.410 e. The molecule has 2 N–H and O–H groups in total. The van der Waals surface area contributed by atoms with Crippen molar-refractivity contribution in [2.45, 2.75) is 52.8 Å². The van der Waals surface area contributed by atoms with Crippen LogP contribution < -0.4 is 5.73 Å². The van der Waals surface area contributed by atoms with Crippen LogP contribution in [0.2, 0.25) is 0 Å². The van der Waals surface area contributed by atoms with E-state index in [4.69, 9.17) is 10.5 Å². The normalized spacial score (nSPS) is 19.4. The summed E-state index contributed by atoms with van der Waals surface area (Å²) >= 11 is 0. The molecule has 1 unspecified atom stereocenters. The van der Waals surface area contributed by atoms with Crippen LogP contribution in [-0.4, -0.2) is 53.7 Å². The van der Waals surface area contributed by atoms with Crippen molar-refractivity contribution in [3.05, 3.63) is 34.9 Å². The van der Waals surface area contributed by atoms with E-state index in [1.807, 2.05) is 20.8 Å². The third-order valence-corrected chi connectivity index (χ3v) is 4.41. The monoisotopic (exact) mass is 333 g/mol. The van der Waals surface area contributed by atoms with Gasteiger partial charge in [0, 0.05) is 38.8 Å². The number of rotatable bonds is 3. The molecule has 1 aliphatic heterocycles. The number of benzene rings is 1. The van der Waals surface area contributed by atoms with Crippen LogP contribution in [0.5, 0.6) is 0 Å². The predicted octanol–water partition coefficient (Wildman–Crippen LogP) is 2.68. The molecule has 5 nitrogen and oxygen atoms in total. The molecule has 24 heavy (non-hydrogen) atoms. The van der Waals surface area contributed by atoms with Gasteiger partial charge in [0.2, 0.25) is 0 Å². The van der Waals surface area contributed by atoms with E-state index in [9.17, 15) is 4.79 Å². The Bertz CT molecular complexity index is 580. The molecule has 1 aromatic rings. The zero-order valence-corrected chi connectivity index (χ0v) is 15.6. The average molecular weight is 333 g/mol. The predicted molar refractivity (Wildman–Crippen MR) is 97.0 cm³/mol. The summed E-state index contributed by atoms with van der Waals surface area (Å²) in [5.74, 6) is 0. The van der Waals surface area contributed by atoms with Gasteiger partial charge in [0.15, 0.2) is 0 Å². The lowest BCUT2D eigenvalue weighted by molar-refractivity contribution is 0.00350. The Hall–Kier alpha value is -1.59. The second kappa shape index (κ2) is 7.53. The van der Waals surface area contributed by atoms with E-state index in [-0.39, 0.29) is 12.1 Å². The van der Waals surface area contributed by atoms with Crippen LogP contribution >= 0.6 is 0 Å². The molecular weight excluding hydrogens is 302 g/mol. The quantitative estimate of drug-likeness (QED) is 0.924. The first-order valence-corrected chi connectivity index (χ1v) is 8.68. The number of nitrogens with zero attached hydrogens (tertiary/aromatic N) is 2. The average Bonchev–Trinajstić information content (AvgIpc) is 2.49. The van der Waals surface area contributed by atoms with E-state index < -0.39 is 5.60 Å². The fourth-order valence-corrected chi connectivity index (χ4v) is 3.01. The molecule has 0 bridgehead atoms. The molecule has 5 heteroatoms. The largest absolute Gasteiger partial charge is 0.444 e. The molecule has 0 spiro atoms. The molecule has 1 heterocycles. The summed E-state index contributed by atoms with van der Waals surface area (Å²) in [5.41, 5.74) is 9.42. The molecule has 134 valence electrons.